The zero-order valence-electron chi connectivity index (χ0n) is 4.79. The fourth-order valence-corrected chi connectivity index (χ4v) is 0. The van der Waals surface area contributed by atoms with E-state index in [1.165, 1.54) is 0 Å². The summed E-state index contributed by atoms with van der Waals surface area (Å²) < 4.78 is 0. The highest BCUT2D eigenvalue weighted by atomic mass is 35.5. The summed E-state index contributed by atoms with van der Waals surface area (Å²) in [6.45, 7) is 0. The van der Waals surface area contributed by atoms with Gasteiger partial charge in [0.1, 0.15) is 0 Å². The summed E-state index contributed by atoms with van der Waals surface area (Å²) in [7, 11) is 0. The van der Waals surface area contributed by atoms with Crippen LogP contribution in [0.3, 0.4) is 0 Å². The quantitative estimate of drug-likeness (QED) is 0.721. The van der Waals surface area contributed by atoms with Gasteiger partial charge in [-0.3, -0.25) is 0 Å². The van der Waals surface area contributed by atoms with Crippen LogP contribution in [0.15, 0.2) is 0 Å². The molecule has 0 aliphatic heterocycles. The zero-order chi connectivity index (χ0) is 3.58. The van der Waals surface area contributed by atoms with E-state index in [9.17, 15) is 0 Å². The third-order valence-corrected chi connectivity index (χ3v) is 0. The minimum Gasteiger partial charge on any atom is -0.465 e. The lowest BCUT2D eigenvalue weighted by Gasteiger charge is -1.61. The molecule has 0 spiro atoms. The molecule has 0 heterocycles. The Bertz CT molecular complexity index is 39.4. The first-order valence-corrected chi connectivity index (χ1v) is 0.716. The van der Waals surface area contributed by atoms with Crippen molar-refractivity contribution in [1.82, 2.24) is 0 Å². The van der Waals surface area contributed by atoms with Crippen molar-refractivity contribution in [3.8, 4) is 0 Å². The molecule has 1 amide bonds. The van der Waals surface area contributed by atoms with Gasteiger partial charge < -0.3 is 10.8 Å². The van der Waals surface area contributed by atoms with Crippen molar-refractivity contribution < 1.29 is 9.90 Å². The van der Waals surface area contributed by atoms with Crippen LogP contribution in [0.2, 0.25) is 0 Å². The van der Waals surface area contributed by atoms with Crippen molar-refractivity contribution in [2.75, 3.05) is 0 Å². The highest BCUT2D eigenvalue weighted by Crippen LogP contribution is 1.34. The molecule has 0 bridgehead atoms. The first-order chi connectivity index (χ1) is 1.73. The van der Waals surface area contributed by atoms with Crippen LogP contribution >= 0.6 is 86.8 Å². The molecule has 0 aliphatic rings. The molecule has 10 heteroatoms. The molecule has 0 saturated heterocycles. The number of carbonyl (C=O) groups is 1. The van der Waals surface area contributed by atoms with Crippen molar-refractivity contribution in [3.05, 3.63) is 0 Å². The van der Waals surface area contributed by atoms with Crippen molar-refractivity contribution in [2.45, 2.75) is 0 Å². The molecular weight excluding hydrogens is 306 g/mol. The van der Waals surface area contributed by atoms with E-state index in [1.54, 1.807) is 0 Å². The lowest BCUT2D eigenvalue weighted by atomic mass is 11.3. The smallest absolute Gasteiger partial charge is 0.402 e. The molecule has 0 saturated carbocycles. The molecule has 0 unspecified atom stereocenters. The van der Waals surface area contributed by atoms with E-state index in [1.807, 2.05) is 0 Å². The molecular formula is CH10Cl7NO2. The summed E-state index contributed by atoms with van der Waals surface area (Å²) in [5, 5.41) is 7.19. The molecule has 0 aromatic heterocycles. The lowest BCUT2D eigenvalue weighted by molar-refractivity contribution is 0.205. The van der Waals surface area contributed by atoms with Crippen LogP contribution in [0.4, 0.5) is 4.79 Å². The Morgan fingerprint density at radius 3 is 0.818 bits per heavy atom. The molecule has 0 aromatic rings. The van der Waals surface area contributed by atoms with Crippen molar-refractivity contribution >= 4 is 92.9 Å². The maximum Gasteiger partial charge on any atom is 0.402 e. The Labute approximate surface area is 108 Å². The number of hydrogen-bond donors (Lipinski definition) is 2. The predicted molar refractivity (Wildman–Crippen MR) is 62.9 cm³/mol. The van der Waals surface area contributed by atoms with Gasteiger partial charge in [-0.05, 0) is 0 Å². The maximum atomic E-state index is 8.78. The van der Waals surface area contributed by atoms with Gasteiger partial charge in [0, 0.05) is 0 Å². The fourth-order valence-electron chi connectivity index (χ4n) is 0. The van der Waals surface area contributed by atoms with Gasteiger partial charge in [0.15, 0.2) is 0 Å². The molecule has 11 heavy (non-hydrogen) atoms. The van der Waals surface area contributed by atoms with Gasteiger partial charge in [-0.2, -0.15) is 0 Å². The standard InChI is InChI=1S/CH3NO2.7ClH/c2-1(3)4;;;;;;;/h2H2,(H,3,4);7*1H. The van der Waals surface area contributed by atoms with Crippen LogP contribution in [-0.4, -0.2) is 11.2 Å². The largest absolute Gasteiger partial charge is 0.465 e. The first kappa shape index (κ1) is 84.9. The van der Waals surface area contributed by atoms with Crippen LogP contribution in [0, 0.1) is 0 Å². The summed E-state index contributed by atoms with van der Waals surface area (Å²) in [6.07, 6.45) is -1.33. The molecule has 80 valence electrons. The van der Waals surface area contributed by atoms with E-state index >= 15 is 0 Å². The minimum absolute atomic E-state index is 0. The number of carboxylic acid groups (broad SMARTS) is 1. The van der Waals surface area contributed by atoms with Crippen LogP contribution < -0.4 is 5.73 Å². The molecule has 3 nitrogen and oxygen atoms in total. The Hall–Kier alpha value is 1.30. The van der Waals surface area contributed by atoms with E-state index in [2.05, 4.69) is 5.73 Å². The summed E-state index contributed by atoms with van der Waals surface area (Å²) in [5.41, 5.74) is 4.03. The van der Waals surface area contributed by atoms with Gasteiger partial charge in [-0.15, -0.1) is 86.8 Å². The molecule has 0 fully saturated rings. The Morgan fingerprint density at radius 1 is 0.818 bits per heavy atom. The number of hydrogen-bond acceptors (Lipinski definition) is 1. The minimum atomic E-state index is -1.33. The third-order valence-electron chi connectivity index (χ3n) is 0. The maximum absolute atomic E-state index is 8.78. The molecule has 3 N–H and O–H groups in total. The van der Waals surface area contributed by atoms with Crippen molar-refractivity contribution in [2.24, 2.45) is 5.73 Å². The summed E-state index contributed by atoms with van der Waals surface area (Å²) in [4.78, 5) is 8.78. The Balaban J connectivity index is -0.00000000214. The van der Waals surface area contributed by atoms with Gasteiger partial charge in [0.25, 0.3) is 0 Å². The molecule has 0 radical (unpaired) electrons. The Morgan fingerprint density at radius 2 is 0.818 bits per heavy atom. The van der Waals surface area contributed by atoms with E-state index in [0.29, 0.717) is 0 Å². The van der Waals surface area contributed by atoms with Crippen molar-refractivity contribution in [1.29, 1.82) is 0 Å². The van der Waals surface area contributed by atoms with Crippen LogP contribution in [0.25, 0.3) is 0 Å². The van der Waals surface area contributed by atoms with Gasteiger partial charge in [-0.25, -0.2) is 4.79 Å². The topological polar surface area (TPSA) is 63.3 Å². The van der Waals surface area contributed by atoms with E-state index in [-0.39, 0.29) is 86.8 Å². The predicted octanol–water partition coefficient (Wildman–Crippen LogP) is 2.58. The molecule has 0 aliphatic carbocycles. The van der Waals surface area contributed by atoms with Gasteiger partial charge >= 0.3 is 6.09 Å². The van der Waals surface area contributed by atoms with Gasteiger partial charge in [-0.1, -0.05) is 0 Å². The van der Waals surface area contributed by atoms with E-state index in [0.717, 1.165) is 0 Å². The Kier molecular flexibility index (Phi) is 501. The first-order valence-electron chi connectivity index (χ1n) is 0.716. The molecule has 0 atom stereocenters. The van der Waals surface area contributed by atoms with Crippen LogP contribution in [0.5, 0.6) is 0 Å². The number of rotatable bonds is 0. The average Bonchev–Trinajstić information content (AvgIpc) is 0.811. The second kappa shape index (κ2) is 64.8. The van der Waals surface area contributed by atoms with Crippen LogP contribution in [-0.2, 0) is 0 Å². The average molecular weight is 316 g/mol. The molecule has 0 aromatic carbocycles. The number of amides is 1. The number of halogens is 7. The lowest BCUT2D eigenvalue weighted by Crippen LogP contribution is -2.03. The summed E-state index contributed by atoms with van der Waals surface area (Å²) in [6, 6.07) is 0. The second-order valence-electron chi connectivity index (χ2n) is 0.338. The van der Waals surface area contributed by atoms with Crippen LogP contribution in [0.1, 0.15) is 0 Å². The normalized spacial score (nSPS) is 2.18. The zero-order valence-corrected chi connectivity index (χ0v) is 10.5. The molecule has 0 rings (SSSR count). The number of primary amides is 1. The summed E-state index contributed by atoms with van der Waals surface area (Å²) >= 11 is 0. The van der Waals surface area contributed by atoms with Gasteiger partial charge in [0.2, 0.25) is 0 Å². The monoisotopic (exact) mass is 313 g/mol. The highest BCUT2D eigenvalue weighted by molar-refractivity contribution is 5.86. The van der Waals surface area contributed by atoms with E-state index in [4.69, 9.17) is 9.90 Å². The third kappa shape index (κ3) is 578. The number of nitrogens with two attached hydrogens (primary N) is 1. The van der Waals surface area contributed by atoms with E-state index < -0.39 is 6.09 Å². The second-order valence-corrected chi connectivity index (χ2v) is 0.338. The van der Waals surface area contributed by atoms with Crippen molar-refractivity contribution in [3.63, 3.8) is 0 Å². The highest BCUT2D eigenvalue weighted by Gasteiger charge is 1.65. The summed E-state index contributed by atoms with van der Waals surface area (Å²) in [5.74, 6) is 0. The SMILES string of the molecule is Cl.Cl.Cl.Cl.Cl.Cl.Cl.NC(=O)O. The van der Waals surface area contributed by atoms with Gasteiger partial charge in [0.05, 0.1) is 0 Å². The fraction of sp³-hybridized carbons (Fsp3) is 0.